The zero-order valence-corrected chi connectivity index (χ0v) is 16.2. The molecule has 0 unspecified atom stereocenters. The number of carbonyl (C=O) groups is 1. The van der Waals surface area contributed by atoms with Gasteiger partial charge in [0.05, 0.1) is 33.6 Å². The topological polar surface area (TPSA) is 57.7 Å². The van der Waals surface area contributed by atoms with Crippen molar-refractivity contribution >= 4 is 50.4 Å². The lowest BCUT2D eigenvalue weighted by molar-refractivity contribution is 0.255. The smallest absolute Gasteiger partial charge is 0.288 e. The van der Waals surface area contributed by atoms with Crippen LogP contribution in [-0.4, -0.2) is 38.0 Å². The molecule has 4 rings (SSSR count). The number of fused-ring (bicyclic) bond motifs is 1. The van der Waals surface area contributed by atoms with Gasteiger partial charge in [0.1, 0.15) is 0 Å². The first-order valence-electron chi connectivity index (χ1n) is 8.11. The van der Waals surface area contributed by atoms with Gasteiger partial charge in [0.15, 0.2) is 9.84 Å². The lowest BCUT2D eigenvalue weighted by Gasteiger charge is -2.23. The molecule has 136 valence electrons. The Kier molecular flexibility index (Phi) is 4.17. The first kappa shape index (κ1) is 17.6. The molecule has 0 spiro atoms. The fourth-order valence-electron chi connectivity index (χ4n) is 3.65. The zero-order chi connectivity index (χ0) is 18.6. The molecule has 2 saturated heterocycles. The Morgan fingerprint density at radius 3 is 2.00 bits per heavy atom. The zero-order valence-electron chi connectivity index (χ0n) is 13.9. The summed E-state index contributed by atoms with van der Waals surface area (Å²) in [5.41, 5.74) is 2.30. The van der Waals surface area contributed by atoms with E-state index < -0.39 is 21.9 Å². The largest absolute Gasteiger partial charge is 0.329 e. The van der Waals surface area contributed by atoms with Crippen LogP contribution in [0.2, 0.25) is 10.0 Å². The highest BCUT2D eigenvalue weighted by molar-refractivity contribution is 7.91. The number of amides is 2. The average molecular weight is 411 g/mol. The average Bonchev–Trinajstić information content (AvgIpc) is 3.00. The van der Waals surface area contributed by atoms with Crippen LogP contribution in [0.1, 0.15) is 5.56 Å². The highest BCUT2D eigenvalue weighted by Gasteiger charge is 2.54. The number of carbonyl (C=O) groups excluding carboxylic acids is 1. The van der Waals surface area contributed by atoms with Gasteiger partial charge in [0.25, 0.3) is 0 Å². The lowest BCUT2D eigenvalue weighted by atomic mass is 10.1. The molecular weight excluding hydrogens is 395 g/mol. The summed E-state index contributed by atoms with van der Waals surface area (Å²) >= 11 is 12.1. The predicted molar refractivity (Wildman–Crippen MR) is 104 cm³/mol. The molecule has 0 N–H and O–H groups in total. The molecule has 0 bridgehead atoms. The monoisotopic (exact) mass is 410 g/mol. The van der Waals surface area contributed by atoms with Crippen LogP contribution in [0, 0.1) is 6.92 Å². The summed E-state index contributed by atoms with van der Waals surface area (Å²) in [6, 6.07) is 11.3. The molecule has 0 radical (unpaired) electrons. The number of benzene rings is 2. The van der Waals surface area contributed by atoms with Crippen LogP contribution in [0.25, 0.3) is 0 Å². The number of rotatable bonds is 2. The van der Waals surface area contributed by atoms with E-state index in [-0.39, 0.29) is 17.5 Å². The number of hydrogen-bond donors (Lipinski definition) is 0. The second-order valence-electron chi connectivity index (χ2n) is 6.67. The molecule has 2 amide bonds. The number of halogens is 2. The van der Waals surface area contributed by atoms with E-state index >= 15 is 0 Å². The minimum atomic E-state index is -3.23. The minimum absolute atomic E-state index is 0.0465. The summed E-state index contributed by atoms with van der Waals surface area (Å²) in [6.45, 7) is 1.96. The van der Waals surface area contributed by atoms with Crippen LogP contribution in [0.4, 0.5) is 16.2 Å². The van der Waals surface area contributed by atoms with E-state index in [4.69, 9.17) is 23.2 Å². The SMILES string of the molecule is Cc1ccc(N2C(=O)N(c3ccc(Cl)c(Cl)c3)[C@H]3CS(=O)(=O)C[C@H]32)cc1. The van der Waals surface area contributed by atoms with Crippen molar-refractivity contribution in [3.63, 3.8) is 0 Å². The third-order valence-electron chi connectivity index (χ3n) is 4.86. The standard InChI is InChI=1S/C18H16Cl2N2O3S/c1-11-2-4-12(5-3-11)21-16-9-26(24,25)10-17(16)22(18(21)23)13-6-7-14(19)15(20)8-13/h2-8,16-17H,9-10H2,1H3/t16-,17+/m1/s1. The van der Waals surface area contributed by atoms with Crippen LogP contribution in [0.3, 0.4) is 0 Å². The summed E-state index contributed by atoms with van der Waals surface area (Å²) in [5.74, 6) is -0.110. The van der Waals surface area contributed by atoms with Gasteiger partial charge in [-0.1, -0.05) is 40.9 Å². The van der Waals surface area contributed by atoms with Crippen molar-refractivity contribution in [2.75, 3.05) is 21.3 Å². The van der Waals surface area contributed by atoms with Crippen LogP contribution in [0.5, 0.6) is 0 Å². The van der Waals surface area contributed by atoms with E-state index in [1.807, 2.05) is 31.2 Å². The van der Waals surface area contributed by atoms with Gasteiger partial charge in [0, 0.05) is 11.4 Å². The van der Waals surface area contributed by atoms with Gasteiger partial charge >= 0.3 is 6.03 Å². The third kappa shape index (κ3) is 2.86. The Hall–Kier alpha value is -1.76. The molecule has 2 aromatic rings. The second kappa shape index (κ2) is 6.15. The highest BCUT2D eigenvalue weighted by atomic mass is 35.5. The summed E-state index contributed by atoms with van der Waals surface area (Å²) in [7, 11) is -3.23. The number of nitrogens with zero attached hydrogens (tertiary/aromatic N) is 2. The van der Waals surface area contributed by atoms with Crippen LogP contribution in [-0.2, 0) is 9.84 Å². The van der Waals surface area contributed by atoms with E-state index in [1.54, 1.807) is 23.1 Å². The van der Waals surface area contributed by atoms with Crippen molar-refractivity contribution in [3.05, 3.63) is 58.1 Å². The molecule has 2 atom stereocenters. The van der Waals surface area contributed by atoms with E-state index in [9.17, 15) is 13.2 Å². The number of aryl methyl sites for hydroxylation is 1. The number of sulfone groups is 1. The lowest BCUT2D eigenvalue weighted by Crippen LogP contribution is -2.37. The van der Waals surface area contributed by atoms with Crippen molar-refractivity contribution in [3.8, 4) is 0 Å². The molecule has 0 saturated carbocycles. The Morgan fingerprint density at radius 1 is 0.885 bits per heavy atom. The molecule has 0 aromatic heterocycles. The molecule has 2 aliphatic heterocycles. The van der Waals surface area contributed by atoms with Gasteiger partial charge in [0.2, 0.25) is 0 Å². The fourth-order valence-corrected chi connectivity index (χ4v) is 5.86. The van der Waals surface area contributed by atoms with Crippen molar-refractivity contribution < 1.29 is 13.2 Å². The molecule has 2 aliphatic rings. The van der Waals surface area contributed by atoms with E-state index in [1.165, 1.54) is 4.90 Å². The highest BCUT2D eigenvalue weighted by Crippen LogP contribution is 2.39. The van der Waals surface area contributed by atoms with Crippen molar-refractivity contribution in [2.24, 2.45) is 0 Å². The normalized spacial score (nSPS) is 24.2. The number of hydrogen-bond acceptors (Lipinski definition) is 3. The van der Waals surface area contributed by atoms with E-state index in [2.05, 4.69) is 0 Å². The quantitative estimate of drug-likeness (QED) is 0.704. The summed E-state index contributed by atoms with van der Waals surface area (Å²) < 4.78 is 24.5. The molecule has 26 heavy (non-hydrogen) atoms. The van der Waals surface area contributed by atoms with Gasteiger partial charge in [-0.25, -0.2) is 13.2 Å². The van der Waals surface area contributed by atoms with Crippen molar-refractivity contribution in [2.45, 2.75) is 19.0 Å². The summed E-state index contributed by atoms with van der Waals surface area (Å²) in [6.07, 6.45) is 0. The second-order valence-corrected chi connectivity index (χ2v) is 9.64. The van der Waals surface area contributed by atoms with Crippen LogP contribution in [0.15, 0.2) is 42.5 Å². The van der Waals surface area contributed by atoms with Gasteiger partial charge in [-0.15, -0.1) is 0 Å². The summed E-state index contributed by atoms with van der Waals surface area (Å²) in [5, 5.41) is 0.705. The van der Waals surface area contributed by atoms with Crippen LogP contribution >= 0.6 is 23.2 Å². The van der Waals surface area contributed by atoms with Crippen molar-refractivity contribution in [1.82, 2.24) is 0 Å². The molecular formula is C18H16Cl2N2O3S. The molecule has 2 fully saturated rings. The Labute approximate surface area is 162 Å². The van der Waals surface area contributed by atoms with Gasteiger partial charge < -0.3 is 0 Å². The maximum absolute atomic E-state index is 13.2. The molecule has 5 nitrogen and oxygen atoms in total. The van der Waals surface area contributed by atoms with Gasteiger partial charge in [-0.2, -0.15) is 0 Å². The Bertz CT molecular complexity index is 992. The Balaban J connectivity index is 1.81. The predicted octanol–water partition coefficient (Wildman–Crippen LogP) is 3.91. The summed E-state index contributed by atoms with van der Waals surface area (Å²) in [4.78, 5) is 16.3. The van der Waals surface area contributed by atoms with E-state index in [0.717, 1.165) is 5.56 Å². The third-order valence-corrected chi connectivity index (χ3v) is 7.30. The fraction of sp³-hybridized carbons (Fsp3) is 0.278. The molecule has 2 aromatic carbocycles. The first-order chi connectivity index (χ1) is 12.3. The number of urea groups is 1. The Morgan fingerprint density at radius 2 is 1.42 bits per heavy atom. The van der Waals surface area contributed by atoms with Crippen LogP contribution < -0.4 is 9.80 Å². The van der Waals surface area contributed by atoms with Crippen molar-refractivity contribution in [1.29, 1.82) is 0 Å². The van der Waals surface area contributed by atoms with Gasteiger partial charge in [-0.3, -0.25) is 9.80 Å². The maximum atomic E-state index is 13.2. The maximum Gasteiger partial charge on any atom is 0.329 e. The minimum Gasteiger partial charge on any atom is -0.288 e. The molecule has 0 aliphatic carbocycles. The number of anilines is 2. The van der Waals surface area contributed by atoms with E-state index in [0.29, 0.717) is 21.4 Å². The first-order valence-corrected chi connectivity index (χ1v) is 10.7. The van der Waals surface area contributed by atoms with Gasteiger partial charge in [-0.05, 0) is 37.3 Å². The molecule has 2 heterocycles. The molecule has 8 heteroatoms.